The smallest absolute Gasteiger partial charge is 0.101 e. The maximum atomic E-state index is 8.76. The van der Waals surface area contributed by atoms with Gasteiger partial charge in [-0.25, -0.2) is 0 Å². The van der Waals surface area contributed by atoms with Crippen LogP contribution in [0.5, 0.6) is 0 Å². The van der Waals surface area contributed by atoms with Crippen LogP contribution in [0.1, 0.15) is 29.0 Å². The average Bonchev–Trinajstić information content (AvgIpc) is 3.26. The van der Waals surface area contributed by atoms with Gasteiger partial charge < -0.3 is 17.7 Å². The zero-order chi connectivity index (χ0) is 13.1. The molecule has 1 saturated carbocycles. The lowest BCUT2D eigenvalue weighted by Crippen LogP contribution is -3.00. The Morgan fingerprint density at radius 2 is 1.75 bits per heavy atom. The van der Waals surface area contributed by atoms with Gasteiger partial charge in [0.1, 0.15) is 6.54 Å². The Kier molecular flexibility index (Phi) is 4.79. The fourth-order valence-electron chi connectivity index (χ4n) is 2.56. The largest absolute Gasteiger partial charge is 1.00 e. The highest BCUT2D eigenvalue weighted by atomic mass is 35.5. The van der Waals surface area contributed by atoms with Crippen molar-refractivity contribution in [1.82, 2.24) is 0 Å². The fourth-order valence-corrected chi connectivity index (χ4v) is 2.56. The second-order valence-corrected chi connectivity index (χ2v) is 5.17. The van der Waals surface area contributed by atoms with E-state index in [1.165, 1.54) is 17.5 Å². The van der Waals surface area contributed by atoms with Crippen LogP contribution in [0.15, 0.2) is 54.6 Å². The van der Waals surface area contributed by atoms with Crippen LogP contribution in [0.25, 0.3) is 0 Å². The molecule has 2 nitrogen and oxygen atoms in total. The quantitative estimate of drug-likeness (QED) is 0.783. The van der Waals surface area contributed by atoms with E-state index >= 15 is 0 Å². The molecule has 0 saturated heterocycles. The van der Waals surface area contributed by atoms with Crippen LogP contribution in [0, 0.1) is 11.3 Å². The summed E-state index contributed by atoms with van der Waals surface area (Å²) in [6.45, 7) is 1.000. The van der Waals surface area contributed by atoms with E-state index in [1.807, 2.05) is 12.1 Å². The average molecular weight is 285 g/mol. The second-order valence-electron chi connectivity index (χ2n) is 5.17. The molecular weight excluding hydrogens is 268 g/mol. The summed E-state index contributed by atoms with van der Waals surface area (Å²) < 4.78 is 0. The molecule has 0 aliphatic heterocycles. The molecule has 3 heteroatoms. The Balaban J connectivity index is 0.00000147. The van der Waals surface area contributed by atoms with Crippen molar-refractivity contribution < 1.29 is 17.7 Å². The molecular formula is C17H17ClN2. The summed E-state index contributed by atoms with van der Waals surface area (Å²) in [5.41, 5.74) is 3.48. The van der Waals surface area contributed by atoms with Gasteiger partial charge in [0.05, 0.1) is 17.7 Å². The molecule has 1 aliphatic rings. The monoisotopic (exact) mass is 284 g/mol. The molecule has 2 aromatic rings. The summed E-state index contributed by atoms with van der Waals surface area (Å²) in [6.07, 6.45) is 1.28. The lowest BCUT2D eigenvalue weighted by atomic mass is 10.1. The van der Waals surface area contributed by atoms with Gasteiger partial charge in [-0.05, 0) is 17.7 Å². The molecule has 0 heterocycles. The van der Waals surface area contributed by atoms with Gasteiger partial charge in [-0.2, -0.15) is 5.26 Å². The number of quaternary nitrogens is 1. The van der Waals surface area contributed by atoms with Crippen LogP contribution in [-0.2, 0) is 6.54 Å². The summed E-state index contributed by atoms with van der Waals surface area (Å²) in [5.74, 6) is 0.722. The van der Waals surface area contributed by atoms with Crippen molar-refractivity contribution in [2.45, 2.75) is 24.9 Å². The number of nitriles is 1. The predicted octanol–water partition coefficient (Wildman–Crippen LogP) is -0.818. The molecule has 0 spiro atoms. The standard InChI is InChI=1S/C17H16N2.ClH/c18-11-13-6-8-14(9-7-13)12-19-17-10-16(17)15-4-2-1-3-5-15;/h1-9,16-17,19H,10,12H2;1H/t16-,17+;/m0./s1. The number of nitrogens with zero attached hydrogens (tertiary/aromatic N) is 1. The van der Waals surface area contributed by atoms with Gasteiger partial charge in [0.15, 0.2) is 0 Å². The lowest BCUT2D eigenvalue weighted by Gasteiger charge is -2.02. The molecule has 2 atom stereocenters. The summed E-state index contributed by atoms with van der Waals surface area (Å²) in [5, 5.41) is 11.2. The van der Waals surface area contributed by atoms with Crippen LogP contribution in [0.4, 0.5) is 0 Å². The van der Waals surface area contributed by atoms with Gasteiger partial charge in [-0.15, -0.1) is 0 Å². The molecule has 102 valence electrons. The van der Waals surface area contributed by atoms with Crippen LogP contribution >= 0.6 is 0 Å². The van der Waals surface area contributed by atoms with E-state index in [0.29, 0.717) is 0 Å². The van der Waals surface area contributed by atoms with E-state index < -0.39 is 0 Å². The number of halogens is 1. The van der Waals surface area contributed by atoms with Crippen molar-refractivity contribution in [1.29, 1.82) is 5.26 Å². The van der Waals surface area contributed by atoms with Crippen LogP contribution in [0.3, 0.4) is 0 Å². The third-order valence-corrected chi connectivity index (χ3v) is 3.81. The van der Waals surface area contributed by atoms with Crippen LogP contribution in [-0.4, -0.2) is 6.04 Å². The third-order valence-electron chi connectivity index (χ3n) is 3.81. The number of rotatable bonds is 4. The van der Waals surface area contributed by atoms with Gasteiger partial charge >= 0.3 is 0 Å². The minimum atomic E-state index is 0. The first-order chi connectivity index (χ1) is 9.36. The topological polar surface area (TPSA) is 40.4 Å². The lowest BCUT2D eigenvalue weighted by molar-refractivity contribution is -0.684. The highest BCUT2D eigenvalue weighted by Gasteiger charge is 2.41. The highest BCUT2D eigenvalue weighted by Crippen LogP contribution is 2.37. The number of hydrogen-bond acceptors (Lipinski definition) is 1. The summed E-state index contributed by atoms with van der Waals surface area (Å²) >= 11 is 0. The molecule has 2 N–H and O–H groups in total. The minimum Gasteiger partial charge on any atom is -1.00 e. The van der Waals surface area contributed by atoms with E-state index in [2.05, 4.69) is 53.9 Å². The molecule has 1 fully saturated rings. The first-order valence-corrected chi connectivity index (χ1v) is 6.74. The van der Waals surface area contributed by atoms with Crippen molar-refractivity contribution in [2.24, 2.45) is 0 Å². The first kappa shape index (κ1) is 14.6. The molecule has 0 unspecified atom stereocenters. The Bertz CT molecular complexity index is 587. The van der Waals surface area contributed by atoms with Gasteiger partial charge in [-0.3, -0.25) is 0 Å². The third kappa shape index (κ3) is 3.39. The maximum Gasteiger partial charge on any atom is 0.101 e. The van der Waals surface area contributed by atoms with Gasteiger partial charge in [-0.1, -0.05) is 42.5 Å². The Morgan fingerprint density at radius 3 is 2.40 bits per heavy atom. The second kappa shape index (κ2) is 6.56. The molecule has 0 amide bonds. The SMILES string of the molecule is N#Cc1ccc(C[NH2+][C@@H]2C[C@H]2c2ccccc2)cc1.[Cl-]. The predicted molar refractivity (Wildman–Crippen MR) is 74.4 cm³/mol. The van der Waals surface area contributed by atoms with E-state index in [9.17, 15) is 0 Å². The Hall–Kier alpha value is -1.82. The molecule has 1 aliphatic carbocycles. The fraction of sp³-hybridized carbons (Fsp3) is 0.235. The molecule has 0 bridgehead atoms. The number of hydrogen-bond donors (Lipinski definition) is 1. The minimum absolute atomic E-state index is 0. The Labute approximate surface area is 125 Å². The Morgan fingerprint density at radius 1 is 1.05 bits per heavy atom. The van der Waals surface area contributed by atoms with Crippen molar-refractivity contribution >= 4 is 0 Å². The molecule has 0 radical (unpaired) electrons. The zero-order valence-corrected chi connectivity index (χ0v) is 11.9. The van der Waals surface area contributed by atoms with Crippen molar-refractivity contribution in [3.8, 4) is 6.07 Å². The van der Waals surface area contributed by atoms with Crippen LogP contribution < -0.4 is 17.7 Å². The summed E-state index contributed by atoms with van der Waals surface area (Å²) in [4.78, 5) is 0. The van der Waals surface area contributed by atoms with Crippen molar-refractivity contribution in [3.05, 3.63) is 71.3 Å². The normalized spacial score (nSPS) is 19.8. The summed E-state index contributed by atoms with van der Waals surface area (Å²) in [7, 11) is 0. The summed E-state index contributed by atoms with van der Waals surface area (Å²) in [6, 6.07) is 21.5. The molecule has 0 aromatic heterocycles. The first-order valence-electron chi connectivity index (χ1n) is 6.74. The van der Waals surface area contributed by atoms with E-state index in [4.69, 9.17) is 5.26 Å². The maximum absolute atomic E-state index is 8.76. The van der Waals surface area contributed by atoms with Gasteiger partial charge in [0.25, 0.3) is 0 Å². The number of benzene rings is 2. The van der Waals surface area contributed by atoms with Crippen molar-refractivity contribution in [3.63, 3.8) is 0 Å². The highest BCUT2D eigenvalue weighted by molar-refractivity contribution is 5.31. The van der Waals surface area contributed by atoms with Crippen molar-refractivity contribution in [2.75, 3.05) is 0 Å². The molecule has 2 aromatic carbocycles. The van der Waals surface area contributed by atoms with E-state index in [-0.39, 0.29) is 12.4 Å². The molecule has 20 heavy (non-hydrogen) atoms. The van der Waals surface area contributed by atoms with Crippen LogP contribution in [0.2, 0.25) is 0 Å². The zero-order valence-electron chi connectivity index (χ0n) is 11.2. The number of nitrogens with two attached hydrogens (primary N) is 1. The van der Waals surface area contributed by atoms with E-state index in [1.54, 1.807) is 0 Å². The van der Waals surface area contributed by atoms with Gasteiger partial charge in [0.2, 0.25) is 0 Å². The van der Waals surface area contributed by atoms with E-state index in [0.717, 1.165) is 24.1 Å². The van der Waals surface area contributed by atoms with Gasteiger partial charge in [0, 0.05) is 17.9 Å². The molecule has 3 rings (SSSR count).